The first-order valence-corrected chi connectivity index (χ1v) is 9.47. The number of hydrogen-bond acceptors (Lipinski definition) is 3. The molecule has 0 aliphatic carbocycles. The van der Waals surface area contributed by atoms with Crippen molar-refractivity contribution in [3.05, 3.63) is 90.0 Å². The molecule has 4 heteroatoms. The van der Waals surface area contributed by atoms with Crippen molar-refractivity contribution < 1.29 is 4.79 Å². The van der Waals surface area contributed by atoms with E-state index in [1.54, 1.807) is 0 Å². The SMILES string of the molecule is CC/C(=N\NC(=O)CNc1ccc(C)cc1)c1ccc(-c2ccccc2)cc1. The van der Waals surface area contributed by atoms with E-state index in [1.807, 2.05) is 68.4 Å². The first kappa shape index (κ1) is 19.4. The molecule has 2 N–H and O–H groups in total. The van der Waals surface area contributed by atoms with Crippen molar-refractivity contribution in [2.45, 2.75) is 20.3 Å². The third kappa shape index (κ3) is 5.30. The second kappa shape index (κ2) is 9.51. The highest BCUT2D eigenvalue weighted by molar-refractivity contribution is 6.01. The number of carbonyl (C=O) groups is 1. The zero-order valence-corrected chi connectivity index (χ0v) is 16.3. The van der Waals surface area contributed by atoms with Crippen molar-refractivity contribution in [1.29, 1.82) is 0 Å². The Morgan fingerprint density at radius 1 is 0.857 bits per heavy atom. The molecule has 0 aromatic heterocycles. The van der Waals surface area contributed by atoms with Crippen LogP contribution >= 0.6 is 0 Å². The van der Waals surface area contributed by atoms with Gasteiger partial charge in [0, 0.05) is 5.69 Å². The predicted octanol–water partition coefficient (Wildman–Crippen LogP) is 5.00. The molecule has 3 rings (SSSR count). The Labute approximate surface area is 166 Å². The third-order valence-electron chi connectivity index (χ3n) is 4.48. The van der Waals surface area contributed by atoms with Crippen molar-refractivity contribution in [3.63, 3.8) is 0 Å². The van der Waals surface area contributed by atoms with E-state index in [9.17, 15) is 4.79 Å². The second-order valence-corrected chi connectivity index (χ2v) is 6.61. The molecule has 0 saturated heterocycles. The van der Waals surface area contributed by atoms with Crippen LogP contribution < -0.4 is 10.7 Å². The lowest BCUT2D eigenvalue weighted by Crippen LogP contribution is -2.27. The van der Waals surface area contributed by atoms with Gasteiger partial charge in [-0.15, -0.1) is 0 Å². The van der Waals surface area contributed by atoms with Gasteiger partial charge in [-0.05, 0) is 42.2 Å². The molecule has 142 valence electrons. The monoisotopic (exact) mass is 371 g/mol. The topological polar surface area (TPSA) is 53.5 Å². The minimum Gasteiger partial charge on any atom is -0.376 e. The number of nitrogens with one attached hydrogen (secondary N) is 2. The molecule has 0 aliphatic rings. The minimum absolute atomic E-state index is 0.174. The van der Waals surface area contributed by atoms with Crippen LogP contribution in [0.4, 0.5) is 5.69 Å². The number of amides is 1. The number of hydrazone groups is 1. The standard InChI is InChI=1S/C24H25N3O/c1-3-23(21-13-11-20(12-14-21)19-7-5-4-6-8-19)26-27-24(28)17-25-22-15-9-18(2)10-16-22/h4-16,25H,3,17H2,1-2H3,(H,27,28)/b26-23+. The van der Waals surface area contributed by atoms with Crippen LogP contribution in [-0.4, -0.2) is 18.2 Å². The van der Waals surface area contributed by atoms with Crippen LogP contribution in [0, 0.1) is 6.92 Å². The molecule has 28 heavy (non-hydrogen) atoms. The maximum Gasteiger partial charge on any atom is 0.259 e. The molecule has 0 heterocycles. The van der Waals surface area contributed by atoms with Crippen LogP contribution in [0.5, 0.6) is 0 Å². The predicted molar refractivity (Wildman–Crippen MR) is 117 cm³/mol. The molecule has 0 aliphatic heterocycles. The van der Waals surface area contributed by atoms with Crippen LogP contribution in [0.15, 0.2) is 84.0 Å². The number of anilines is 1. The van der Waals surface area contributed by atoms with Gasteiger partial charge in [0.15, 0.2) is 0 Å². The van der Waals surface area contributed by atoms with Crippen molar-refractivity contribution in [2.75, 3.05) is 11.9 Å². The number of aryl methyl sites for hydroxylation is 1. The molecule has 1 amide bonds. The quantitative estimate of drug-likeness (QED) is 0.453. The highest BCUT2D eigenvalue weighted by atomic mass is 16.2. The summed E-state index contributed by atoms with van der Waals surface area (Å²) in [6.07, 6.45) is 0.732. The van der Waals surface area contributed by atoms with Crippen LogP contribution in [-0.2, 0) is 4.79 Å². The van der Waals surface area contributed by atoms with Gasteiger partial charge in [0.1, 0.15) is 0 Å². The molecule has 0 spiro atoms. The lowest BCUT2D eigenvalue weighted by atomic mass is 10.0. The van der Waals surface area contributed by atoms with E-state index in [4.69, 9.17) is 0 Å². The molecule has 4 nitrogen and oxygen atoms in total. The molecule has 0 fully saturated rings. The number of rotatable bonds is 7. The van der Waals surface area contributed by atoms with E-state index in [-0.39, 0.29) is 12.5 Å². The summed E-state index contributed by atoms with van der Waals surface area (Å²) in [5, 5.41) is 7.42. The Balaban J connectivity index is 1.60. The molecular weight excluding hydrogens is 346 g/mol. The lowest BCUT2D eigenvalue weighted by Gasteiger charge is -2.08. The Bertz CT molecular complexity index is 930. The summed E-state index contributed by atoms with van der Waals surface area (Å²) < 4.78 is 0. The van der Waals surface area contributed by atoms with Gasteiger partial charge in [-0.25, -0.2) is 5.43 Å². The van der Waals surface area contributed by atoms with Crippen LogP contribution in [0.1, 0.15) is 24.5 Å². The van der Waals surface area contributed by atoms with Gasteiger partial charge >= 0.3 is 0 Å². The van der Waals surface area contributed by atoms with E-state index < -0.39 is 0 Å². The van der Waals surface area contributed by atoms with Crippen LogP contribution in [0.2, 0.25) is 0 Å². The average Bonchev–Trinajstić information content (AvgIpc) is 2.75. The van der Waals surface area contributed by atoms with Gasteiger partial charge in [-0.3, -0.25) is 4.79 Å². The van der Waals surface area contributed by atoms with Gasteiger partial charge in [-0.1, -0.05) is 79.2 Å². The van der Waals surface area contributed by atoms with Gasteiger partial charge in [-0.2, -0.15) is 5.10 Å². The molecule has 0 radical (unpaired) electrons. The first-order valence-electron chi connectivity index (χ1n) is 9.47. The summed E-state index contributed by atoms with van der Waals surface area (Å²) in [6.45, 7) is 4.24. The Kier molecular flexibility index (Phi) is 6.58. The number of nitrogens with zero attached hydrogens (tertiary/aromatic N) is 1. The number of benzene rings is 3. The number of carbonyl (C=O) groups excluding carboxylic acids is 1. The molecule has 0 atom stereocenters. The molecule has 0 bridgehead atoms. The van der Waals surface area contributed by atoms with Gasteiger partial charge in [0.25, 0.3) is 5.91 Å². The summed E-state index contributed by atoms with van der Waals surface area (Å²) in [7, 11) is 0. The summed E-state index contributed by atoms with van der Waals surface area (Å²) in [6, 6.07) is 26.4. The van der Waals surface area contributed by atoms with Gasteiger partial charge < -0.3 is 5.32 Å². The Hall–Kier alpha value is -3.40. The lowest BCUT2D eigenvalue weighted by molar-refractivity contribution is -0.119. The van der Waals surface area contributed by atoms with Crippen molar-refractivity contribution in [2.24, 2.45) is 5.10 Å². The van der Waals surface area contributed by atoms with Crippen LogP contribution in [0.25, 0.3) is 11.1 Å². The average molecular weight is 371 g/mol. The van der Waals surface area contributed by atoms with E-state index in [2.05, 4.69) is 40.1 Å². The zero-order valence-electron chi connectivity index (χ0n) is 16.3. The highest BCUT2D eigenvalue weighted by Gasteiger charge is 2.05. The molecule has 0 saturated carbocycles. The van der Waals surface area contributed by atoms with E-state index in [0.717, 1.165) is 28.9 Å². The fourth-order valence-electron chi connectivity index (χ4n) is 2.86. The number of hydrogen-bond donors (Lipinski definition) is 2. The van der Waals surface area contributed by atoms with E-state index in [0.29, 0.717) is 0 Å². The van der Waals surface area contributed by atoms with E-state index in [1.165, 1.54) is 11.1 Å². The fraction of sp³-hybridized carbons (Fsp3) is 0.167. The Morgan fingerprint density at radius 2 is 1.50 bits per heavy atom. The fourth-order valence-corrected chi connectivity index (χ4v) is 2.86. The van der Waals surface area contributed by atoms with Crippen molar-refractivity contribution >= 4 is 17.3 Å². The van der Waals surface area contributed by atoms with Crippen molar-refractivity contribution in [3.8, 4) is 11.1 Å². The highest BCUT2D eigenvalue weighted by Crippen LogP contribution is 2.19. The van der Waals surface area contributed by atoms with Crippen LogP contribution in [0.3, 0.4) is 0 Å². The first-order chi connectivity index (χ1) is 13.7. The smallest absolute Gasteiger partial charge is 0.259 e. The molecule has 3 aromatic carbocycles. The van der Waals surface area contributed by atoms with Gasteiger partial charge in [0.2, 0.25) is 0 Å². The molecular formula is C24H25N3O. The maximum absolute atomic E-state index is 12.1. The summed E-state index contributed by atoms with van der Waals surface area (Å²) in [5.41, 5.74) is 8.94. The summed E-state index contributed by atoms with van der Waals surface area (Å²) in [4.78, 5) is 12.1. The van der Waals surface area contributed by atoms with Crippen molar-refractivity contribution in [1.82, 2.24) is 5.43 Å². The Morgan fingerprint density at radius 3 is 2.14 bits per heavy atom. The van der Waals surface area contributed by atoms with E-state index >= 15 is 0 Å². The largest absolute Gasteiger partial charge is 0.376 e. The zero-order chi connectivity index (χ0) is 19.8. The van der Waals surface area contributed by atoms with Gasteiger partial charge in [0.05, 0.1) is 12.3 Å². The molecule has 0 unspecified atom stereocenters. The minimum atomic E-state index is -0.174. The summed E-state index contributed by atoms with van der Waals surface area (Å²) >= 11 is 0. The maximum atomic E-state index is 12.1. The second-order valence-electron chi connectivity index (χ2n) is 6.61. The third-order valence-corrected chi connectivity index (χ3v) is 4.48. The normalized spacial score (nSPS) is 11.1. The molecule has 3 aromatic rings. The summed E-state index contributed by atoms with van der Waals surface area (Å²) in [5.74, 6) is -0.174.